The second kappa shape index (κ2) is 10.4. The molecule has 2 aromatic rings. The summed E-state index contributed by atoms with van der Waals surface area (Å²) in [5.41, 5.74) is 4.34. The van der Waals surface area contributed by atoms with Gasteiger partial charge in [-0.15, -0.1) is 0 Å². The summed E-state index contributed by atoms with van der Waals surface area (Å²) in [4.78, 5) is 47.7. The number of amides is 3. The molecule has 0 aromatic heterocycles. The Labute approximate surface area is 196 Å². The first-order valence-corrected chi connectivity index (χ1v) is 11.3. The zero-order chi connectivity index (χ0) is 24.1. The number of rotatable bonds is 8. The van der Waals surface area contributed by atoms with Crippen molar-refractivity contribution in [2.75, 3.05) is 13.2 Å². The van der Waals surface area contributed by atoms with Crippen molar-refractivity contribution in [3.63, 3.8) is 0 Å². The van der Waals surface area contributed by atoms with Crippen molar-refractivity contribution >= 4 is 23.9 Å². The molecule has 2 aliphatic rings. The van der Waals surface area contributed by atoms with Crippen molar-refractivity contribution < 1.29 is 29.0 Å². The Morgan fingerprint density at radius 2 is 1.71 bits per heavy atom. The van der Waals surface area contributed by atoms with E-state index in [2.05, 4.69) is 16.0 Å². The van der Waals surface area contributed by atoms with Crippen LogP contribution < -0.4 is 16.0 Å². The highest BCUT2D eigenvalue weighted by Crippen LogP contribution is 2.44. The minimum absolute atomic E-state index is 0.0789. The maximum absolute atomic E-state index is 12.7. The molecular formula is C25H27N3O6. The predicted molar refractivity (Wildman–Crippen MR) is 123 cm³/mol. The zero-order valence-corrected chi connectivity index (χ0v) is 18.6. The van der Waals surface area contributed by atoms with Crippen LogP contribution in [0.25, 0.3) is 11.1 Å². The summed E-state index contributed by atoms with van der Waals surface area (Å²) in [5, 5.41) is 17.0. The van der Waals surface area contributed by atoms with Gasteiger partial charge in [-0.05, 0) is 35.1 Å². The van der Waals surface area contributed by atoms with E-state index in [0.717, 1.165) is 22.3 Å². The zero-order valence-electron chi connectivity index (χ0n) is 18.6. The Hall–Kier alpha value is -3.88. The van der Waals surface area contributed by atoms with Crippen LogP contribution in [0.5, 0.6) is 0 Å². The molecule has 1 aliphatic heterocycles. The lowest BCUT2D eigenvalue weighted by Gasteiger charge is -2.26. The average molecular weight is 466 g/mol. The van der Waals surface area contributed by atoms with Crippen LogP contribution in [0, 0.1) is 0 Å². The van der Waals surface area contributed by atoms with E-state index in [-0.39, 0.29) is 37.3 Å². The maximum Gasteiger partial charge on any atom is 0.407 e. The quantitative estimate of drug-likeness (QED) is 0.472. The summed E-state index contributed by atoms with van der Waals surface area (Å²) in [6.07, 6.45) is -0.379. The van der Waals surface area contributed by atoms with E-state index in [4.69, 9.17) is 9.84 Å². The molecule has 9 heteroatoms. The molecule has 4 N–H and O–H groups in total. The molecule has 2 atom stereocenters. The summed E-state index contributed by atoms with van der Waals surface area (Å²) < 4.78 is 5.50. The molecular weight excluding hydrogens is 438 g/mol. The first-order chi connectivity index (χ1) is 16.4. The van der Waals surface area contributed by atoms with Gasteiger partial charge in [-0.25, -0.2) is 4.79 Å². The third-order valence-corrected chi connectivity index (χ3v) is 6.21. The number of hydrogen-bond acceptors (Lipinski definition) is 5. The molecule has 0 spiro atoms. The molecule has 1 heterocycles. The van der Waals surface area contributed by atoms with Crippen LogP contribution in [0.2, 0.25) is 0 Å². The molecule has 2 aromatic carbocycles. The highest BCUT2D eigenvalue weighted by Gasteiger charge is 2.30. The second-order valence-corrected chi connectivity index (χ2v) is 8.50. The lowest BCUT2D eigenvalue weighted by molar-refractivity contribution is -0.137. The van der Waals surface area contributed by atoms with E-state index in [1.165, 1.54) is 0 Å². The predicted octanol–water partition coefficient (Wildman–Crippen LogP) is 2.15. The summed E-state index contributed by atoms with van der Waals surface area (Å²) in [7, 11) is 0. The summed E-state index contributed by atoms with van der Waals surface area (Å²) in [6, 6.07) is 14.6. The monoisotopic (exact) mass is 465 g/mol. The summed E-state index contributed by atoms with van der Waals surface area (Å²) >= 11 is 0. The normalized spacial score (nSPS) is 17.6. The van der Waals surface area contributed by atoms with Gasteiger partial charge >= 0.3 is 12.1 Å². The van der Waals surface area contributed by atoms with Crippen molar-refractivity contribution in [2.24, 2.45) is 0 Å². The molecule has 178 valence electrons. The number of aliphatic carboxylic acids is 1. The number of ether oxygens (including phenoxy) is 1. The van der Waals surface area contributed by atoms with Crippen LogP contribution in [-0.4, -0.2) is 54.2 Å². The number of nitrogens with one attached hydrogen (secondary N) is 3. The van der Waals surface area contributed by atoms with Crippen molar-refractivity contribution in [1.29, 1.82) is 0 Å². The van der Waals surface area contributed by atoms with Gasteiger partial charge in [0.15, 0.2) is 0 Å². The van der Waals surface area contributed by atoms with Crippen LogP contribution in [-0.2, 0) is 19.1 Å². The molecule has 34 heavy (non-hydrogen) atoms. The summed E-state index contributed by atoms with van der Waals surface area (Å²) in [6.45, 7) is 0.378. The number of carboxylic acids is 1. The van der Waals surface area contributed by atoms with E-state index in [1.54, 1.807) is 0 Å². The summed E-state index contributed by atoms with van der Waals surface area (Å²) in [5.74, 6) is -1.78. The van der Waals surface area contributed by atoms with Crippen LogP contribution in [0.4, 0.5) is 4.79 Å². The molecule has 0 bridgehead atoms. The van der Waals surface area contributed by atoms with Crippen molar-refractivity contribution in [1.82, 2.24) is 16.0 Å². The minimum atomic E-state index is -1.07. The van der Waals surface area contributed by atoms with Gasteiger partial charge in [-0.1, -0.05) is 48.5 Å². The van der Waals surface area contributed by atoms with Gasteiger partial charge in [0, 0.05) is 31.3 Å². The fraction of sp³-hybridized carbons (Fsp3) is 0.360. The number of hydrogen-bond donors (Lipinski definition) is 4. The van der Waals surface area contributed by atoms with E-state index in [9.17, 15) is 19.2 Å². The Morgan fingerprint density at radius 1 is 1.06 bits per heavy atom. The number of piperidine rings is 1. The Balaban J connectivity index is 1.38. The van der Waals surface area contributed by atoms with E-state index in [0.29, 0.717) is 19.4 Å². The third kappa shape index (κ3) is 5.36. The molecule has 0 radical (unpaired) electrons. The highest BCUT2D eigenvalue weighted by molar-refractivity contribution is 5.87. The standard InChI is InChI=1S/C25H27N3O6/c29-22-11-9-15(13-26-22)27-24(32)21(10-12-23(30)31)28-25(33)34-14-20-18-7-3-1-5-16(18)17-6-2-4-8-19(17)20/h1-8,15,20-21H,9-14H2,(H,26,29)(H,27,32)(H,28,33)(H,30,31). The lowest BCUT2D eigenvalue weighted by Crippen LogP contribution is -2.54. The van der Waals surface area contributed by atoms with Crippen LogP contribution >= 0.6 is 0 Å². The van der Waals surface area contributed by atoms with Crippen LogP contribution in [0.15, 0.2) is 48.5 Å². The molecule has 9 nitrogen and oxygen atoms in total. The first-order valence-electron chi connectivity index (χ1n) is 11.3. The van der Waals surface area contributed by atoms with Crippen LogP contribution in [0.1, 0.15) is 42.7 Å². The largest absolute Gasteiger partial charge is 0.481 e. The maximum atomic E-state index is 12.7. The number of benzene rings is 2. The van der Waals surface area contributed by atoms with E-state index in [1.807, 2.05) is 48.5 Å². The second-order valence-electron chi connectivity index (χ2n) is 8.50. The smallest absolute Gasteiger partial charge is 0.407 e. The Morgan fingerprint density at radius 3 is 2.29 bits per heavy atom. The molecule has 1 fully saturated rings. The van der Waals surface area contributed by atoms with Gasteiger partial charge in [0.1, 0.15) is 12.6 Å². The van der Waals surface area contributed by atoms with Crippen molar-refractivity contribution in [2.45, 2.75) is 43.7 Å². The first kappa shape index (κ1) is 23.3. The third-order valence-electron chi connectivity index (χ3n) is 6.21. The number of carbonyl (C=O) groups excluding carboxylic acids is 3. The topological polar surface area (TPSA) is 134 Å². The number of carbonyl (C=O) groups is 4. The van der Waals surface area contributed by atoms with Gasteiger partial charge < -0.3 is 25.8 Å². The Kier molecular flexibility index (Phi) is 7.10. The molecule has 2 unspecified atom stereocenters. The number of alkyl carbamates (subject to hydrolysis) is 1. The Bertz CT molecular complexity index is 1050. The van der Waals surface area contributed by atoms with Crippen molar-refractivity contribution in [3.8, 4) is 11.1 Å². The molecule has 3 amide bonds. The molecule has 1 aliphatic carbocycles. The molecule has 1 saturated heterocycles. The fourth-order valence-corrected chi connectivity index (χ4v) is 4.48. The van der Waals surface area contributed by atoms with Gasteiger partial charge in [-0.3, -0.25) is 14.4 Å². The van der Waals surface area contributed by atoms with Gasteiger partial charge in [0.05, 0.1) is 0 Å². The van der Waals surface area contributed by atoms with Crippen LogP contribution in [0.3, 0.4) is 0 Å². The number of fused-ring (bicyclic) bond motifs is 3. The molecule has 0 saturated carbocycles. The van der Waals surface area contributed by atoms with Gasteiger partial charge in [-0.2, -0.15) is 0 Å². The van der Waals surface area contributed by atoms with E-state index < -0.39 is 24.0 Å². The molecule has 4 rings (SSSR count). The van der Waals surface area contributed by atoms with Crippen molar-refractivity contribution in [3.05, 3.63) is 59.7 Å². The highest BCUT2D eigenvalue weighted by atomic mass is 16.5. The van der Waals surface area contributed by atoms with E-state index >= 15 is 0 Å². The SMILES string of the molecule is O=C(O)CCC(NC(=O)OCC1c2ccccc2-c2ccccc21)C(=O)NC1CCC(=O)NC1. The van der Waals surface area contributed by atoms with Gasteiger partial charge in [0.2, 0.25) is 11.8 Å². The number of carboxylic acid groups (broad SMARTS) is 1. The minimum Gasteiger partial charge on any atom is -0.481 e. The van der Waals surface area contributed by atoms with Gasteiger partial charge in [0.25, 0.3) is 0 Å². The average Bonchev–Trinajstić information content (AvgIpc) is 3.15. The lowest BCUT2D eigenvalue weighted by atomic mass is 9.98. The fourth-order valence-electron chi connectivity index (χ4n) is 4.48.